The van der Waals surface area contributed by atoms with Gasteiger partial charge in [0.2, 0.25) is 0 Å². The molecule has 0 aromatic heterocycles. The highest BCUT2D eigenvalue weighted by atomic mass is 16.5. The minimum atomic E-state index is 0.0788. The molecule has 2 aromatic rings. The molecule has 2 heterocycles. The lowest BCUT2D eigenvalue weighted by molar-refractivity contribution is -0.0163. The second-order valence-corrected chi connectivity index (χ2v) is 7.16. The molecule has 0 radical (unpaired) electrons. The highest BCUT2D eigenvalue weighted by molar-refractivity contribution is 5.39. The Bertz CT molecular complexity index is 671. The molecule has 2 nitrogen and oxygen atoms in total. The van der Waals surface area contributed by atoms with Gasteiger partial charge in [0, 0.05) is 19.6 Å². The normalized spacial score (nSPS) is 20.0. The van der Waals surface area contributed by atoms with E-state index in [-0.39, 0.29) is 5.60 Å². The van der Waals surface area contributed by atoms with Crippen molar-refractivity contribution < 1.29 is 4.74 Å². The van der Waals surface area contributed by atoms with Crippen LogP contribution in [-0.2, 0) is 13.0 Å². The van der Waals surface area contributed by atoms with Gasteiger partial charge in [-0.05, 0) is 49.8 Å². The standard InChI is InChI=1S/C21H25NO/c1-17-7-8-20-19(15-17)9-10-21(23-20)11-13-22(14-12-21)16-18-5-3-2-4-6-18/h2-8,15H,9-14,16H2,1H3. The van der Waals surface area contributed by atoms with Crippen molar-refractivity contribution in [2.45, 2.75) is 44.8 Å². The number of piperidine rings is 1. The Balaban J connectivity index is 1.40. The zero-order chi connectivity index (χ0) is 15.7. The van der Waals surface area contributed by atoms with Crippen LogP contribution in [-0.4, -0.2) is 23.6 Å². The quantitative estimate of drug-likeness (QED) is 0.817. The average molecular weight is 307 g/mol. The van der Waals surface area contributed by atoms with Crippen LogP contribution in [0.4, 0.5) is 0 Å². The van der Waals surface area contributed by atoms with Crippen LogP contribution in [0.2, 0.25) is 0 Å². The van der Waals surface area contributed by atoms with Crippen molar-refractivity contribution in [2.24, 2.45) is 0 Å². The van der Waals surface area contributed by atoms with Crippen LogP contribution in [0.3, 0.4) is 0 Å². The maximum atomic E-state index is 6.49. The van der Waals surface area contributed by atoms with Crippen molar-refractivity contribution in [3.05, 3.63) is 65.2 Å². The molecule has 0 amide bonds. The first-order valence-electron chi connectivity index (χ1n) is 8.77. The topological polar surface area (TPSA) is 12.5 Å². The highest BCUT2D eigenvalue weighted by Gasteiger charge is 2.39. The molecular weight excluding hydrogens is 282 g/mol. The van der Waals surface area contributed by atoms with Crippen LogP contribution >= 0.6 is 0 Å². The average Bonchev–Trinajstić information content (AvgIpc) is 2.59. The van der Waals surface area contributed by atoms with E-state index >= 15 is 0 Å². The predicted molar refractivity (Wildman–Crippen MR) is 93.8 cm³/mol. The van der Waals surface area contributed by atoms with Crippen LogP contribution in [0.1, 0.15) is 36.0 Å². The maximum Gasteiger partial charge on any atom is 0.123 e. The van der Waals surface area contributed by atoms with Crippen LogP contribution < -0.4 is 4.74 Å². The number of benzene rings is 2. The fraction of sp³-hybridized carbons (Fsp3) is 0.429. The molecule has 4 rings (SSSR count). The van der Waals surface area contributed by atoms with E-state index in [9.17, 15) is 0 Å². The lowest BCUT2D eigenvalue weighted by atomic mass is 9.83. The summed E-state index contributed by atoms with van der Waals surface area (Å²) in [6.07, 6.45) is 4.62. The van der Waals surface area contributed by atoms with Gasteiger partial charge < -0.3 is 4.74 Å². The molecule has 0 bridgehead atoms. The number of aryl methyl sites for hydroxylation is 2. The largest absolute Gasteiger partial charge is 0.487 e. The fourth-order valence-electron chi connectivity index (χ4n) is 3.96. The first-order chi connectivity index (χ1) is 11.2. The third kappa shape index (κ3) is 3.13. The van der Waals surface area contributed by atoms with Gasteiger partial charge in [-0.15, -0.1) is 0 Å². The molecular formula is C21H25NO. The van der Waals surface area contributed by atoms with Gasteiger partial charge in [-0.25, -0.2) is 0 Å². The first kappa shape index (κ1) is 14.8. The van der Waals surface area contributed by atoms with E-state index in [0.717, 1.165) is 44.6 Å². The summed E-state index contributed by atoms with van der Waals surface area (Å²) in [5, 5.41) is 0. The monoisotopic (exact) mass is 307 g/mol. The molecule has 1 spiro atoms. The summed E-state index contributed by atoms with van der Waals surface area (Å²) in [5.41, 5.74) is 4.22. The van der Waals surface area contributed by atoms with E-state index < -0.39 is 0 Å². The highest BCUT2D eigenvalue weighted by Crippen LogP contribution is 2.39. The van der Waals surface area contributed by atoms with Crippen molar-refractivity contribution in [1.29, 1.82) is 0 Å². The van der Waals surface area contributed by atoms with E-state index in [1.807, 2.05) is 0 Å². The van der Waals surface area contributed by atoms with Gasteiger partial charge in [-0.3, -0.25) is 4.90 Å². The molecule has 0 unspecified atom stereocenters. The third-order valence-electron chi connectivity index (χ3n) is 5.41. The fourth-order valence-corrected chi connectivity index (χ4v) is 3.96. The van der Waals surface area contributed by atoms with Crippen LogP contribution in [0.15, 0.2) is 48.5 Å². The zero-order valence-corrected chi connectivity index (χ0v) is 13.9. The number of likely N-dealkylation sites (tertiary alicyclic amines) is 1. The summed E-state index contributed by atoms with van der Waals surface area (Å²) < 4.78 is 6.49. The SMILES string of the molecule is Cc1ccc2c(c1)CCC1(CCN(Cc3ccccc3)CC1)O2. The number of fused-ring (bicyclic) bond motifs is 1. The van der Waals surface area contributed by atoms with E-state index in [2.05, 4.69) is 60.4 Å². The summed E-state index contributed by atoms with van der Waals surface area (Å²) in [7, 11) is 0. The van der Waals surface area contributed by atoms with Crippen LogP contribution in [0.25, 0.3) is 0 Å². The van der Waals surface area contributed by atoms with Gasteiger partial charge in [0.1, 0.15) is 11.4 Å². The number of ether oxygens (including phenoxy) is 1. The molecule has 0 aliphatic carbocycles. The number of rotatable bonds is 2. The minimum Gasteiger partial charge on any atom is -0.487 e. The van der Waals surface area contributed by atoms with Crippen molar-refractivity contribution in [3.8, 4) is 5.75 Å². The number of hydrogen-bond acceptors (Lipinski definition) is 2. The molecule has 2 aliphatic rings. The molecule has 2 aromatic carbocycles. The zero-order valence-electron chi connectivity index (χ0n) is 13.9. The minimum absolute atomic E-state index is 0.0788. The molecule has 0 saturated carbocycles. The summed E-state index contributed by atoms with van der Waals surface area (Å²) >= 11 is 0. The summed E-state index contributed by atoms with van der Waals surface area (Å²) in [6.45, 7) is 5.49. The van der Waals surface area contributed by atoms with Gasteiger partial charge >= 0.3 is 0 Å². The molecule has 0 N–H and O–H groups in total. The Hall–Kier alpha value is -1.80. The number of nitrogens with zero attached hydrogens (tertiary/aromatic N) is 1. The molecule has 23 heavy (non-hydrogen) atoms. The molecule has 1 fully saturated rings. The Morgan fingerprint density at radius 2 is 1.78 bits per heavy atom. The number of hydrogen-bond donors (Lipinski definition) is 0. The Kier molecular flexibility index (Phi) is 3.86. The third-order valence-corrected chi connectivity index (χ3v) is 5.41. The molecule has 120 valence electrons. The smallest absolute Gasteiger partial charge is 0.123 e. The first-order valence-corrected chi connectivity index (χ1v) is 8.77. The van der Waals surface area contributed by atoms with Gasteiger partial charge in [0.05, 0.1) is 0 Å². The summed E-state index contributed by atoms with van der Waals surface area (Å²) in [4.78, 5) is 2.56. The maximum absolute atomic E-state index is 6.49. The van der Waals surface area contributed by atoms with E-state index in [0.29, 0.717) is 0 Å². The Morgan fingerprint density at radius 3 is 2.57 bits per heavy atom. The lowest BCUT2D eigenvalue weighted by Crippen LogP contribution is -2.49. The van der Waals surface area contributed by atoms with Crippen molar-refractivity contribution in [2.75, 3.05) is 13.1 Å². The second kappa shape index (κ2) is 6.01. The second-order valence-electron chi connectivity index (χ2n) is 7.16. The Morgan fingerprint density at radius 1 is 1.00 bits per heavy atom. The van der Waals surface area contributed by atoms with Crippen LogP contribution in [0, 0.1) is 6.92 Å². The van der Waals surface area contributed by atoms with E-state index in [1.165, 1.54) is 23.1 Å². The molecule has 2 heteroatoms. The van der Waals surface area contributed by atoms with Gasteiger partial charge in [-0.2, -0.15) is 0 Å². The Labute approximate surface area is 139 Å². The summed E-state index contributed by atoms with van der Waals surface area (Å²) in [6, 6.07) is 17.4. The van der Waals surface area contributed by atoms with E-state index in [1.54, 1.807) is 0 Å². The van der Waals surface area contributed by atoms with E-state index in [4.69, 9.17) is 4.74 Å². The van der Waals surface area contributed by atoms with Gasteiger partial charge in [0.15, 0.2) is 0 Å². The predicted octanol–water partition coefficient (Wildman–Crippen LogP) is 4.35. The molecule has 1 saturated heterocycles. The summed E-state index contributed by atoms with van der Waals surface area (Å²) in [5.74, 6) is 1.12. The van der Waals surface area contributed by atoms with Gasteiger partial charge in [-0.1, -0.05) is 48.0 Å². The lowest BCUT2D eigenvalue weighted by Gasteiger charge is -2.44. The van der Waals surface area contributed by atoms with Crippen molar-refractivity contribution >= 4 is 0 Å². The van der Waals surface area contributed by atoms with Crippen molar-refractivity contribution in [1.82, 2.24) is 4.90 Å². The molecule has 2 aliphatic heterocycles. The van der Waals surface area contributed by atoms with Crippen LogP contribution in [0.5, 0.6) is 5.75 Å². The van der Waals surface area contributed by atoms with Gasteiger partial charge in [0.25, 0.3) is 0 Å². The molecule has 0 atom stereocenters. The van der Waals surface area contributed by atoms with Crippen molar-refractivity contribution in [3.63, 3.8) is 0 Å².